The third kappa shape index (κ3) is 3.67. The van der Waals surface area contributed by atoms with Crippen molar-refractivity contribution in [1.82, 2.24) is 15.1 Å². The minimum Gasteiger partial charge on any atom is -0.313 e. The summed E-state index contributed by atoms with van der Waals surface area (Å²) in [5.74, 6) is 0. The van der Waals surface area contributed by atoms with E-state index in [2.05, 4.69) is 29.1 Å². The molecule has 2 atom stereocenters. The van der Waals surface area contributed by atoms with E-state index in [9.17, 15) is 0 Å². The summed E-state index contributed by atoms with van der Waals surface area (Å²) in [7, 11) is 2.32. The summed E-state index contributed by atoms with van der Waals surface area (Å²) in [4.78, 5) is 5.21. The summed E-state index contributed by atoms with van der Waals surface area (Å²) < 4.78 is 0. The molecule has 3 nitrogen and oxygen atoms in total. The van der Waals surface area contributed by atoms with Gasteiger partial charge in [0.05, 0.1) is 0 Å². The lowest BCUT2D eigenvalue weighted by molar-refractivity contribution is 0.185. The van der Waals surface area contributed by atoms with Crippen molar-refractivity contribution in [3.05, 3.63) is 0 Å². The van der Waals surface area contributed by atoms with Crippen molar-refractivity contribution in [1.29, 1.82) is 0 Å². The first-order chi connectivity index (χ1) is 8.31. The van der Waals surface area contributed by atoms with Gasteiger partial charge in [-0.15, -0.1) is 0 Å². The maximum Gasteiger partial charge on any atom is 0.0246 e. The third-order valence-corrected chi connectivity index (χ3v) is 4.48. The summed E-state index contributed by atoms with van der Waals surface area (Å²) in [6.45, 7) is 8.50. The topological polar surface area (TPSA) is 18.5 Å². The molecule has 0 aromatic rings. The molecule has 2 unspecified atom stereocenters. The van der Waals surface area contributed by atoms with Gasteiger partial charge < -0.3 is 15.1 Å². The lowest BCUT2D eigenvalue weighted by Gasteiger charge is -2.31. The zero-order chi connectivity index (χ0) is 12.1. The van der Waals surface area contributed by atoms with Crippen LogP contribution in [0.4, 0.5) is 0 Å². The van der Waals surface area contributed by atoms with Crippen LogP contribution in [-0.2, 0) is 0 Å². The Balaban J connectivity index is 1.72. The molecular formula is C14H29N3. The monoisotopic (exact) mass is 239 g/mol. The van der Waals surface area contributed by atoms with Gasteiger partial charge >= 0.3 is 0 Å². The second-order valence-corrected chi connectivity index (χ2v) is 5.69. The van der Waals surface area contributed by atoms with Gasteiger partial charge in [-0.05, 0) is 52.4 Å². The van der Waals surface area contributed by atoms with Crippen molar-refractivity contribution in [3.63, 3.8) is 0 Å². The van der Waals surface area contributed by atoms with Crippen molar-refractivity contribution >= 4 is 0 Å². The van der Waals surface area contributed by atoms with Gasteiger partial charge in [-0.2, -0.15) is 0 Å². The largest absolute Gasteiger partial charge is 0.313 e. The quantitative estimate of drug-likeness (QED) is 0.758. The van der Waals surface area contributed by atoms with Crippen LogP contribution in [-0.4, -0.2) is 61.7 Å². The Morgan fingerprint density at radius 2 is 1.94 bits per heavy atom. The molecule has 0 spiro atoms. The van der Waals surface area contributed by atoms with Gasteiger partial charge in [-0.25, -0.2) is 0 Å². The van der Waals surface area contributed by atoms with Gasteiger partial charge in [0.1, 0.15) is 0 Å². The van der Waals surface area contributed by atoms with Gasteiger partial charge in [-0.1, -0.05) is 13.3 Å². The zero-order valence-corrected chi connectivity index (χ0v) is 11.6. The average Bonchev–Trinajstić information content (AvgIpc) is 2.97. The van der Waals surface area contributed by atoms with E-state index in [0.717, 1.165) is 18.6 Å². The molecule has 1 saturated heterocycles. The lowest BCUT2D eigenvalue weighted by atomic mass is 10.1. The summed E-state index contributed by atoms with van der Waals surface area (Å²) in [6, 6.07) is 1.51. The van der Waals surface area contributed by atoms with Gasteiger partial charge in [0.2, 0.25) is 0 Å². The van der Waals surface area contributed by atoms with Crippen LogP contribution < -0.4 is 5.32 Å². The summed E-state index contributed by atoms with van der Waals surface area (Å²) in [6.07, 6.45) is 6.97. The van der Waals surface area contributed by atoms with E-state index < -0.39 is 0 Å². The van der Waals surface area contributed by atoms with Crippen molar-refractivity contribution in [2.75, 3.05) is 39.8 Å². The predicted octanol–water partition coefficient (Wildman–Crippen LogP) is 1.54. The Morgan fingerprint density at radius 1 is 1.18 bits per heavy atom. The molecule has 2 fully saturated rings. The van der Waals surface area contributed by atoms with Crippen LogP contribution in [0.15, 0.2) is 0 Å². The molecule has 1 N–H and O–H groups in total. The molecule has 0 aromatic carbocycles. The fourth-order valence-corrected chi connectivity index (χ4v) is 3.44. The molecule has 0 bridgehead atoms. The van der Waals surface area contributed by atoms with Gasteiger partial charge in [0.15, 0.2) is 0 Å². The molecule has 1 aliphatic heterocycles. The molecule has 2 aliphatic rings. The maximum atomic E-state index is 3.65. The number of hydrogen-bond acceptors (Lipinski definition) is 3. The van der Waals surface area contributed by atoms with Crippen LogP contribution in [0.1, 0.15) is 39.0 Å². The van der Waals surface area contributed by atoms with E-state index in [-0.39, 0.29) is 0 Å². The average molecular weight is 239 g/mol. The Labute approximate surface area is 107 Å². The summed E-state index contributed by atoms with van der Waals surface area (Å²) in [5.41, 5.74) is 0. The predicted molar refractivity (Wildman–Crippen MR) is 73.4 cm³/mol. The zero-order valence-electron chi connectivity index (χ0n) is 11.6. The molecule has 0 amide bonds. The normalized spacial score (nSPS) is 30.5. The van der Waals surface area contributed by atoms with Crippen LogP contribution in [0, 0.1) is 0 Å². The standard InChI is InChI=1S/C14H29N3/c1-3-15-13-7-6-8-14(13)16(2)11-12-17-9-4-5-10-17/h13-15H,3-12H2,1-2H3. The number of nitrogens with one attached hydrogen (secondary N) is 1. The van der Waals surface area contributed by atoms with Crippen molar-refractivity contribution in [3.8, 4) is 0 Å². The highest BCUT2D eigenvalue weighted by Crippen LogP contribution is 2.23. The lowest BCUT2D eigenvalue weighted by Crippen LogP contribution is -2.47. The molecule has 100 valence electrons. The Hall–Kier alpha value is -0.120. The smallest absolute Gasteiger partial charge is 0.0246 e. The second-order valence-electron chi connectivity index (χ2n) is 5.69. The van der Waals surface area contributed by atoms with E-state index in [0.29, 0.717) is 0 Å². The Bertz CT molecular complexity index is 214. The van der Waals surface area contributed by atoms with E-state index in [1.807, 2.05) is 0 Å². The van der Waals surface area contributed by atoms with Crippen LogP contribution in [0.2, 0.25) is 0 Å². The minimum atomic E-state index is 0.739. The van der Waals surface area contributed by atoms with Crippen LogP contribution >= 0.6 is 0 Å². The van der Waals surface area contributed by atoms with Gasteiger partial charge in [-0.3, -0.25) is 0 Å². The highest BCUT2D eigenvalue weighted by atomic mass is 15.2. The van der Waals surface area contributed by atoms with E-state index >= 15 is 0 Å². The molecule has 0 aromatic heterocycles. The molecule has 1 saturated carbocycles. The number of likely N-dealkylation sites (N-methyl/N-ethyl adjacent to an activating group) is 2. The Kier molecular flexibility index (Phi) is 5.26. The molecule has 1 heterocycles. The number of likely N-dealkylation sites (tertiary alicyclic amines) is 1. The molecule has 0 radical (unpaired) electrons. The first-order valence-electron chi connectivity index (χ1n) is 7.47. The summed E-state index contributed by atoms with van der Waals surface area (Å²) >= 11 is 0. The fraction of sp³-hybridized carbons (Fsp3) is 1.00. The third-order valence-electron chi connectivity index (χ3n) is 4.48. The van der Waals surface area contributed by atoms with E-state index in [4.69, 9.17) is 0 Å². The van der Waals surface area contributed by atoms with Crippen molar-refractivity contribution in [2.24, 2.45) is 0 Å². The van der Waals surface area contributed by atoms with Crippen molar-refractivity contribution in [2.45, 2.75) is 51.1 Å². The maximum absolute atomic E-state index is 3.65. The number of nitrogens with zero attached hydrogens (tertiary/aromatic N) is 2. The van der Waals surface area contributed by atoms with Crippen LogP contribution in [0.3, 0.4) is 0 Å². The highest BCUT2D eigenvalue weighted by Gasteiger charge is 2.29. The molecule has 3 heteroatoms. The van der Waals surface area contributed by atoms with Gasteiger partial charge in [0, 0.05) is 25.2 Å². The Morgan fingerprint density at radius 3 is 2.65 bits per heavy atom. The molecule has 2 rings (SSSR count). The number of rotatable bonds is 6. The van der Waals surface area contributed by atoms with Crippen molar-refractivity contribution < 1.29 is 0 Å². The van der Waals surface area contributed by atoms with E-state index in [1.165, 1.54) is 58.3 Å². The van der Waals surface area contributed by atoms with E-state index in [1.54, 1.807) is 0 Å². The fourth-order valence-electron chi connectivity index (χ4n) is 3.44. The van der Waals surface area contributed by atoms with Gasteiger partial charge in [0.25, 0.3) is 0 Å². The van der Waals surface area contributed by atoms with Crippen LogP contribution in [0.25, 0.3) is 0 Å². The molecular weight excluding hydrogens is 210 g/mol. The second kappa shape index (κ2) is 6.72. The molecule has 1 aliphatic carbocycles. The number of hydrogen-bond donors (Lipinski definition) is 1. The summed E-state index contributed by atoms with van der Waals surface area (Å²) in [5, 5.41) is 3.65. The first kappa shape index (κ1) is 13.3. The van der Waals surface area contributed by atoms with Crippen LogP contribution in [0.5, 0.6) is 0 Å². The minimum absolute atomic E-state index is 0.739. The highest BCUT2D eigenvalue weighted by molar-refractivity contribution is 4.89. The molecule has 17 heavy (non-hydrogen) atoms. The SMILES string of the molecule is CCNC1CCCC1N(C)CCN1CCCC1. The first-order valence-corrected chi connectivity index (χ1v) is 7.47.